The molecule has 0 N–H and O–H groups in total. The number of ether oxygens (including phenoxy) is 3. The van der Waals surface area contributed by atoms with Crippen LogP contribution in [0.25, 0.3) is 10.6 Å². The molecule has 0 saturated carbocycles. The lowest BCUT2D eigenvalue weighted by molar-refractivity contribution is -0.385. The van der Waals surface area contributed by atoms with Crippen LogP contribution in [0.15, 0.2) is 41.8 Å². The molecular weight excluding hydrogens is 408 g/mol. The summed E-state index contributed by atoms with van der Waals surface area (Å²) in [6.07, 6.45) is 0.0173. The normalized spacial score (nSPS) is 12.7. The van der Waals surface area contributed by atoms with Crippen LogP contribution >= 0.6 is 11.3 Å². The average molecular weight is 426 g/mol. The van der Waals surface area contributed by atoms with Crippen LogP contribution in [-0.2, 0) is 33.9 Å². The van der Waals surface area contributed by atoms with Crippen molar-refractivity contribution in [1.29, 1.82) is 0 Å². The lowest BCUT2D eigenvalue weighted by atomic mass is 10.1. The topological polar surface area (TPSA) is 101 Å². The van der Waals surface area contributed by atoms with Gasteiger partial charge in [-0.15, -0.1) is 11.3 Å². The lowest BCUT2D eigenvalue weighted by Gasteiger charge is -2.20. The molecule has 0 aliphatic carbocycles. The molecule has 0 radical (unpaired) electrons. The molecule has 0 amide bonds. The highest BCUT2D eigenvalue weighted by atomic mass is 32.1. The summed E-state index contributed by atoms with van der Waals surface area (Å²) in [6, 6.07) is 10.8. The number of carbonyl (C=O) groups excluding carboxylic acids is 1. The van der Waals surface area contributed by atoms with E-state index in [2.05, 4.69) is 4.98 Å². The Balaban J connectivity index is 1.43. The minimum Gasteiger partial charge on any atom is -0.467 e. The van der Waals surface area contributed by atoms with Crippen molar-refractivity contribution in [2.24, 2.45) is 0 Å². The minimum absolute atomic E-state index is 0.0173. The molecule has 2 aromatic carbocycles. The van der Waals surface area contributed by atoms with Gasteiger partial charge in [0.15, 0.2) is 6.79 Å². The average Bonchev–Trinajstić information content (AvgIpc) is 3.20. The van der Waals surface area contributed by atoms with Crippen molar-refractivity contribution in [1.82, 2.24) is 4.98 Å². The summed E-state index contributed by atoms with van der Waals surface area (Å²) in [5.41, 5.74) is 3.65. The molecule has 3 aromatic rings. The number of aromatic nitrogens is 1. The predicted molar refractivity (Wildman–Crippen MR) is 109 cm³/mol. The SMILES string of the molecule is Cc1cccc(-c2nc(CC(=O)OCc3cc([N+](=O)[O-])cc4c3OCOC4)cs2)c1. The number of esters is 1. The number of hydrogen-bond donors (Lipinski definition) is 0. The Morgan fingerprint density at radius 1 is 1.33 bits per heavy atom. The van der Waals surface area contributed by atoms with Gasteiger partial charge in [0.05, 0.1) is 23.6 Å². The maximum atomic E-state index is 12.3. The van der Waals surface area contributed by atoms with Gasteiger partial charge >= 0.3 is 5.97 Å². The number of non-ortho nitro benzene ring substituents is 1. The van der Waals surface area contributed by atoms with Crippen LogP contribution < -0.4 is 4.74 Å². The Labute approximate surface area is 176 Å². The first kappa shape index (κ1) is 20.0. The van der Waals surface area contributed by atoms with E-state index in [9.17, 15) is 14.9 Å². The van der Waals surface area contributed by atoms with Crippen molar-refractivity contribution in [3.63, 3.8) is 0 Å². The first-order valence-corrected chi connectivity index (χ1v) is 10.1. The number of hydrogen-bond acceptors (Lipinski definition) is 8. The Kier molecular flexibility index (Phi) is 5.73. The smallest absolute Gasteiger partial charge is 0.312 e. The maximum Gasteiger partial charge on any atom is 0.312 e. The Bertz CT molecular complexity index is 1110. The highest BCUT2D eigenvalue weighted by Gasteiger charge is 2.22. The maximum absolute atomic E-state index is 12.3. The van der Waals surface area contributed by atoms with E-state index in [1.165, 1.54) is 23.5 Å². The van der Waals surface area contributed by atoms with Crippen LogP contribution in [0.4, 0.5) is 5.69 Å². The second-order valence-corrected chi connectivity index (χ2v) is 7.67. The van der Waals surface area contributed by atoms with Crippen molar-refractivity contribution in [3.8, 4) is 16.3 Å². The Morgan fingerprint density at radius 3 is 3.00 bits per heavy atom. The Hall–Kier alpha value is -3.30. The van der Waals surface area contributed by atoms with Gasteiger partial charge in [0.2, 0.25) is 0 Å². The fraction of sp³-hybridized carbons (Fsp3) is 0.238. The molecule has 0 spiro atoms. The second-order valence-electron chi connectivity index (χ2n) is 6.81. The molecule has 1 aromatic heterocycles. The van der Waals surface area contributed by atoms with Gasteiger partial charge in [0, 0.05) is 34.2 Å². The fourth-order valence-corrected chi connectivity index (χ4v) is 3.97. The molecule has 0 saturated heterocycles. The molecule has 8 nitrogen and oxygen atoms in total. The van der Waals surface area contributed by atoms with E-state index in [0.29, 0.717) is 22.6 Å². The number of aryl methyl sites for hydroxylation is 1. The van der Waals surface area contributed by atoms with E-state index in [4.69, 9.17) is 14.2 Å². The van der Waals surface area contributed by atoms with Crippen LogP contribution in [0, 0.1) is 17.0 Å². The van der Waals surface area contributed by atoms with E-state index >= 15 is 0 Å². The zero-order valence-corrected chi connectivity index (χ0v) is 16.9. The summed E-state index contributed by atoms with van der Waals surface area (Å²) in [6.45, 7) is 2.14. The molecule has 2 heterocycles. The standard InChI is InChI=1S/C21H18N2O6S/c1-13-3-2-4-14(5-13)21-22-17(11-30-21)8-19(24)28-10-16-7-18(23(25)26)6-15-9-27-12-29-20(15)16/h2-7,11H,8-10,12H2,1H3. The molecule has 0 unspecified atom stereocenters. The van der Waals surface area contributed by atoms with Crippen molar-refractivity contribution in [2.75, 3.05) is 6.79 Å². The van der Waals surface area contributed by atoms with Crippen LogP contribution in [0.3, 0.4) is 0 Å². The van der Waals surface area contributed by atoms with Gasteiger partial charge in [-0.3, -0.25) is 14.9 Å². The van der Waals surface area contributed by atoms with Crippen molar-refractivity contribution >= 4 is 23.0 Å². The molecule has 4 rings (SSSR count). The van der Waals surface area contributed by atoms with Gasteiger partial charge in [-0.2, -0.15) is 0 Å². The largest absolute Gasteiger partial charge is 0.467 e. The molecule has 1 aliphatic rings. The zero-order chi connectivity index (χ0) is 21.1. The molecule has 0 fully saturated rings. The molecule has 9 heteroatoms. The van der Waals surface area contributed by atoms with Gasteiger partial charge in [0.25, 0.3) is 5.69 Å². The third-order valence-electron chi connectivity index (χ3n) is 4.51. The van der Waals surface area contributed by atoms with Gasteiger partial charge < -0.3 is 14.2 Å². The van der Waals surface area contributed by atoms with E-state index in [0.717, 1.165) is 16.1 Å². The summed E-state index contributed by atoms with van der Waals surface area (Å²) in [5, 5.41) is 13.8. The summed E-state index contributed by atoms with van der Waals surface area (Å²) < 4.78 is 16.0. The number of fused-ring (bicyclic) bond motifs is 1. The zero-order valence-electron chi connectivity index (χ0n) is 16.1. The van der Waals surface area contributed by atoms with Crippen LogP contribution in [0.1, 0.15) is 22.4 Å². The quantitative estimate of drug-likeness (QED) is 0.331. The summed E-state index contributed by atoms with van der Waals surface area (Å²) in [4.78, 5) is 27.5. The van der Waals surface area contributed by atoms with Crippen molar-refractivity contribution in [3.05, 3.63) is 74.3 Å². The number of rotatable bonds is 6. The first-order valence-electron chi connectivity index (χ1n) is 9.17. The van der Waals surface area contributed by atoms with E-state index in [1.807, 2.05) is 36.6 Å². The fourth-order valence-electron chi connectivity index (χ4n) is 3.15. The van der Waals surface area contributed by atoms with Gasteiger partial charge in [-0.25, -0.2) is 4.98 Å². The van der Waals surface area contributed by atoms with Crippen molar-refractivity contribution < 1.29 is 23.9 Å². The number of nitro benzene ring substituents is 1. The molecule has 0 bridgehead atoms. The predicted octanol–water partition coefficient (Wildman–Crippen LogP) is 4.18. The van der Waals surface area contributed by atoms with Crippen molar-refractivity contribution in [2.45, 2.75) is 26.6 Å². The molecule has 1 aliphatic heterocycles. The third kappa shape index (κ3) is 4.47. The Morgan fingerprint density at radius 2 is 2.20 bits per heavy atom. The highest BCUT2D eigenvalue weighted by Crippen LogP contribution is 2.33. The van der Waals surface area contributed by atoms with Gasteiger partial charge in [-0.1, -0.05) is 23.8 Å². The van der Waals surface area contributed by atoms with Crippen LogP contribution in [-0.4, -0.2) is 22.7 Å². The molecule has 154 valence electrons. The second kappa shape index (κ2) is 8.60. The molecule has 0 atom stereocenters. The first-order chi connectivity index (χ1) is 14.5. The number of nitrogens with zero attached hydrogens (tertiary/aromatic N) is 2. The van der Waals surface area contributed by atoms with E-state index in [1.54, 1.807) is 0 Å². The number of nitro groups is 1. The van der Waals surface area contributed by atoms with Crippen LogP contribution in [0.2, 0.25) is 0 Å². The molecular formula is C21H18N2O6S. The summed E-state index contributed by atoms with van der Waals surface area (Å²) >= 11 is 1.46. The van der Waals surface area contributed by atoms with Gasteiger partial charge in [0.1, 0.15) is 17.4 Å². The summed E-state index contributed by atoms with van der Waals surface area (Å²) in [5.74, 6) is -0.00144. The number of thiazole rings is 1. The van der Waals surface area contributed by atoms with Gasteiger partial charge in [-0.05, 0) is 13.0 Å². The lowest BCUT2D eigenvalue weighted by Crippen LogP contribution is -2.15. The minimum atomic E-state index is -0.498. The van der Waals surface area contributed by atoms with E-state index in [-0.39, 0.29) is 32.1 Å². The summed E-state index contributed by atoms with van der Waals surface area (Å²) in [7, 11) is 0. The van der Waals surface area contributed by atoms with E-state index < -0.39 is 10.9 Å². The number of carbonyl (C=O) groups is 1. The van der Waals surface area contributed by atoms with Crippen LogP contribution in [0.5, 0.6) is 5.75 Å². The number of benzene rings is 2. The monoisotopic (exact) mass is 426 g/mol. The highest BCUT2D eigenvalue weighted by molar-refractivity contribution is 7.13. The molecule has 30 heavy (non-hydrogen) atoms. The third-order valence-corrected chi connectivity index (χ3v) is 5.45.